The predicted octanol–water partition coefficient (Wildman–Crippen LogP) is 4.54. The molecule has 9 heteroatoms. The molecule has 0 aliphatic carbocycles. The maximum absolute atomic E-state index is 12.6. The number of ether oxygens (including phenoxy) is 2. The van der Waals surface area contributed by atoms with Gasteiger partial charge in [-0.1, -0.05) is 43.0 Å². The maximum atomic E-state index is 12.6. The number of benzene rings is 2. The summed E-state index contributed by atoms with van der Waals surface area (Å²) in [6.07, 6.45) is 4.38. The summed E-state index contributed by atoms with van der Waals surface area (Å²) in [4.78, 5) is 16.8. The average Bonchev–Trinajstić information content (AvgIpc) is 3.34. The number of nitrogens with zero attached hydrogens (tertiary/aromatic N) is 4. The van der Waals surface area contributed by atoms with E-state index in [2.05, 4.69) is 27.4 Å². The molecule has 0 radical (unpaired) electrons. The van der Waals surface area contributed by atoms with Gasteiger partial charge < -0.3 is 14.8 Å². The normalized spacial score (nSPS) is 10.7. The van der Waals surface area contributed by atoms with Gasteiger partial charge in [-0.25, -0.2) is 0 Å². The van der Waals surface area contributed by atoms with Crippen LogP contribution in [0, 0.1) is 0 Å². The molecule has 0 aliphatic rings. The van der Waals surface area contributed by atoms with Crippen LogP contribution in [-0.4, -0.2) is 45.1 Å². The second-order valence-electron chi connectivity index (χ2n) is 7.62. The molecule has 0 bridgehead atoms. The highest BCUT2D eigenvalue weighted by Gasteiger charge is 2.17. The molecule has 1 N–H and O–H groups in total. The van der Waals surface area contributed by atoms with Gasteiger partial charge in [0.2, 0.25) is 5.91 Å². The molecule has 8 nitrogen and oxygen atoms in total. The zero-order valence-electron chi connectivity index (χ0n) is 19.7. The van der Waals surface area contributed by atoms with Crippen molar-refractivity contribution < 1.29 is 14.3 Å². The minimum absolute atomic E-state index is 0.106. The third kappa shape index (κ3) is 6.19. The van der Waals surface area contributed by atoms with Crippen molar-refractivity contribution in [3.8, 4) is 28.6 Å². The lowest BCUT2D eigenvalue weighted by Gasteiger charge is -2.12. The van der Waals surface area contributed by atoms with Crippen LogP contribution in [0.15, 0.2) is 78.2 Å². The van der Waals surface area contributed by atoms with Crippen molar-refractivity contribution >= 4 is 17.7 Å². The first-order valence-electron chi connectivity index (χ1n) is 11.3. The fraction of sp³-hybridized carbons (Fsp3) is 0.231. The zero-order chi connectivity index (χ0) is 24.5. The molecular weight excluding hydrogens is 462 g/mol. The number of thioether (sulfide) groups is 1. The topological polar surface area (TPSA) is 91.2 Å². The number of amides is 1. The van der Waals surface area contributed by atoms with Gasteiger partial charge in [0.25, 0.3) is 0 Å². The number of para-hydroxylation sites is 1. The number of methoxy groups -OCH3 is 1. The van der Waals surface area contributed by atoms with Crippen molar-refractivity contribution in [2.45, 2.75) is 25.0 Å². The third-order valence-electron chi connectivity index (χ3n) is 5.08. The molecule has 0 spiro atoms. The molecule has 2 aromatic heterocycles. The van der Waals surface area contributed by atoms with E-state index in [9.17, 15) is 4.79 Å². The number of hydrogen-bond donors (Lipinski definition) is 1. The predicted molar refractivity (Wildman–Crippen MR) is 136 cm³/mol. The minimum atomic E-state index is -0.106. The van der Waals surface area contributed by atoms with E-state index in [0.717, 1.165) is 23.2 Å². The zero-order valence-corrected chi connectivity index (χ0v) is 20.5. The summed E-state index contributed by atoms with van der Waals surface area (Å²) in [7, 11) is 1.61. The number of carbonyl (C=O) groups excluding carboxylic acids is 1. The lowest BCUT2D eigenvalue weighted by atomic mass is 10.2. The van der Waals surface area contributed by atoms with Crippen LogP contribution in [0.1, 0.15) is 18.9 Å². The maximum Gasteiger partial charge on any atom is 0.230 e. The van der Waals surface area contributed by atoms with Crippen LogP contribution in [0.4, 0.5) is 0 Å². The Labute approximate surface area is 208 Å². The van der Waals surface area contributed by atoms with Crippen LogP contribution in [0.3, 0.4) is 0 Å². The average molecular weight is 490 g/mol. The largest absolute Gasteiger partial charge is 0.493 e. The Hall–Kier alpha value is -3.85. The van der Waals surface area contributed by atoms with Crippen molar-refractivity contribution in [2.75, 3.05) is 19.5 Å². The first-order chi connectivity index (χ1) is 17.2. The molecule has 1 amide bonds. The van der Waals surface area contributed by atoms with Gasteiger partial charge >= 0.3 is 0 Å². The van der Waals surface area contributed by atoms with Gasteiger partial charge in [0.1, 0.15) is 0 Å². The number of pyridine rings is 1. The van der Waals surface area contributed by atoms with E-state index in [0.29, 0.717) is 35.6 Å². The lowest BCUT2D eigenvalue weighted by molar-refractivity contribution is -0.118. The summed E-state index contributed by atoms with van der Waals surface area (Å²) in [5, 5.41) is 12.3. The highest BCUT2D eigenvalue weighted by atomic mass is 32.2. The van der Waals surface area contributed by atoms with Gasteiger partial charge in [-0.2, -0.15) is 0 Å². The highest BCUT2D eigenvalue weighted by Crippen LogP contribution is 2.29. The molecule has 0 aliphatic heterocycles. The Morgan fingerprint density at radius 3 is 2.66 bits per heavy atom. The van der Waals surface area contributed by atoms with E-state index in [1.165, 1.54) is 11.8 Å². The number of rotatable bonds is 11. The van der Waals surface area contributed by atoms with Gasteiger partial charge in [-0.05, 0) is 48.4 Å². The summed E-state index contributed by atoms with van der Waals surface area (Å²) >= 11 is 1.33. The molecule has 4 aromatic rings. The summed E-state index contributed by atoms with van der Waals surface area (Å²) in [5.41, 5.74) is 2.69. The Kier molecular flexibility index (Phi) is 8.34. The summed E-state index contributed by atoms with van der Waals surface area (Å²) in [6.45, 7) is 3.06. The van der Waals surface area contributed by atoms with Crippen LogP contribution in [-0.2, 0) is 11.3 Å². The fourth-order valence-electron chi connectivity index (χ4n) is 3.39. The van der Waals surface area contributed by atoms with Crippen LogP contribution < -0.4 is 14.8 Å². The van der Waals surface area contributed by atoms with Crippen LogP contribution in [0.5, 0.6) is 11.5 Å². The first-order valence-corrected chi connectivity index (χ1v) is 12.3. The molecule has 35 heavy (non-hydrogen) atoms. The Balaban J connectivity index is 1.43. The highest BCUT2D eigenvalue weighted by molar-refractivity contribution is 7.99. The minimum Gasteiger partial charge on any atom is -0.493 e. The molecule has 0 unspecified atom stereocenters. The van der Waals surface area contributed by atoms with Gasteiger partial charge in [-0.15, -0.1) is 10.2 Å². The van der Waals surface area contributed by atoms with Crippen LogP contribution in [0.25, 0.3) is 17.1 Å². The van der Waals surface area contributed by atoms with Gasteiger partial charge in [0.15, 0.2) is 22.5 Å². The van der Waals surface area contributed by atoms with E-state index in [4.69, 9.17) is 9.47 Å². The van der Waals surface area contributed by atoms with E-state index < -0.39 is 0 Å². The van der Waals surface area contributed by atoms with Crippen molar-refractivity contribution in [3.05, 3.63) is 78.6 Å². The van der Waals surface area contributed by atoms with E-state index in [1.807, 2.05) is 65.2 Å². The summed E-state index contributed by atoms with van der Waals surface area (Å²) < 4.78 is 13.1. The molecular formula is C26H27N5O3S. The molecule has 2 aromatic carbocycles. The quantitative estimate of drug-likeness (QED) is 0.309. The second-order valence-corrected chi connectivity index (χ2v) is 8.56. The summed E-state index contributed by atoms with van der Waals surface area (Å²) in [6, 6.07) is 19.3. The number of aromatic nitrogens is 4. The molecule has 0 saturated heterocycles. The van der Waals surface area contributed by atoms with E-state index >= 15 is 0 Å². The van der Waals surface area contributed by atoms with Gasteiger partial charge in [0, 0.05) is 30.2 Å². The van der Waals surface area contributed by atoms with E-state index in [-0.39, 0.29) is 11.7 Å². The summed E-state index contributed by atoms with van der Waals surface area (Å²) in [5.74, 6) is 2.12. The molecule has 2 heterocycles. The monoisotopic (exact) mass is 489 g/mol. The molecule has 0 saturated carbocycles. The van der Waals surface area contributed by atoms with Crippen molar-refractivity contribution in [1.29, 1.82) is 0 Å². The number of carbonyl (C=O) groups is 1. The number of nitrogens with one attached hydrogen (secondary N) is 1. The Morgan fingerprint density at radius 1 is 1.06 bits per heavy atom. The Bertz CT molecular complexity index is 1250. The van der Waals surface area contributed by atoms with Crippen LogP contribution >= 0.6 is 11.8 Å². The third-order valence-corrected chi connectivity index (χ3v) is 6.01. The standard InChI is InChI=1S/C26H27N5O3S/c1-3-14-34-22-12-11-19(15-23(22)33-2)16-28-24(32)18-35-26-30-29-25(20-8-7-13-27-17-20)31(26)21-9-5-4-6-10-21/h4-13,15,17H,3,14,16,18H2,1-2H3,(H,28,32). The molecule has 4 rings (SSSR count). The SMILES string of the molecule is CCCOc1ccc(CNC(=O)CSc2nnc(-c3cccnc3)n2-c2ccccc2)cc1OC. The van der Waals surface area contributed by atoms with Crippen LogP contribution in [0.2, 0.25) is 0 Å². The van der Waals surface area contributed by atoms with Crippen molar-refractivity contribution in [3.63, 3.8) is 0 Å². The van der Waals surface area contributed by atoms with Gasteiger partial charge in [0.05, 0.1) is 19.5 Å². The lowest BCUT2D eigenvalue weighted by Crippen LogP contribution is -2.24. The second kappa shape index (κ2) is 12.0. The van der Waals surface area contributed by atoms with E-state index in [1.54, 1.807) is 19.5 Å². The molecule has 0 atom stereocenters. The van der Waals surface area contributed by atoms with Crippen molar-refractivity contribution in [2.24, 2.45) is 0 Å². The first kappa shape index (κ1) is 24.3. The fourth-order valence-corrected chi connectivity index (χ4v) is 4.17. The molecule has 180 valence electrons. The smallest absolute Gasteiger partial charge is 0.230 e. The Morgan fingerprint density at radius 2 is 1.91 bits per heavy atom. The molecule has 0 fully saturated rings. The van der Waals surface area contributed by atoms with Gasteiger partial charge in [-0.3, -0.25) is 14.3 Å². The number of hydrogen-bond acceptors (Lipinski definition) is 7. The van der Waals surface area contributed by atoms with Crippen molar-refractivity contribution in [1.82, 2.24) is 25.1 Å².